The van der Waals surface area contributed by atoms with Gasteiger partial charge in [0.15, 0.2) is 0 Å². The fourth-order valence-electron chi connectivity index (χ4n) is 0.595. The van der Waals surface area contributed by atoms with E-state index in [1.807, 2.05) is 0 Å². The minimum atomic E-state index is -1.86. The molecule has 7 heteroatoms. The number of nitrogens with zero attached hydrogens (tertiary/aromatic N) is 1. The third-order valence-electron chi connectivity index (χ3n) is 1.02. The molecule has 1 aromatic rings. The monoisotopic (exact) mass is 251 g/mol. The number of hydrogen-bond acceptors (Lipinski definition) is 4. The van der Waals surface area contributed by atoms with Crippen molar-refractivity contribution in [3.05, 3.63) is 21.9 Å². The lowest BCUT2D eigenvalue weighted by molar-refractivity contribution is 0.287. The van der Waals surface area contributed by atoms with Gasteiger partial charge in [-0.3, -0.25) is 0 Å². The average molecular weight is 252 g/mol. The Hall–Kier alpha value is -0.295. The zero-order valence-electron chi connectivity index (χ0n) is 5.74. The van der Waals surface area contributed by atoms with Gasteiger partial charge < -0.3 is 14.7 Å². The second-order valence-corrected chi connectivity index (χ2v) is 3.12. The molecular weight excluding hydrogens is 248 g/mol. The van der Waals surface area contributed by atoms with Crippen LogP contribution in [-0.2, 0) is 0 Å². The van der Waals surface area contributed by atoms with E-state index < -0.39 is 7.32 Å². The molecule has 4 nitrogen and oxygen atoms in total. The summed E-state index contributed by atoms with van der Waals surface area (Å²) in [5.41, 5.74) is 0. The van der Waals surface area contributed by atoms with Crippen LogP contribution in [0.3, 0.4) is 0 Å². The quantitative estimate of drug-likeness (QED) is 0.605. The van der Waals surface area contributed by atoms with Gasteiger partial charge >= 0.3 is 7.32 Å². The Labute approximate surface area is 82.5 Å². The Bertz CT molecular complexity index is 285. The summed E-state index contributed by atoms with van der Waals surface area (Å²) in [4.78, 5) is 3.68. The van der Waals surface area contributed by atoms with Gasteiger partial charge in [-0.15, -0.1) is 0 Å². The molecule has 0 aliphatic rings. The molecule has 0 radical (unpaired) electrons. The van der Waals surface area contributed by atoms with Crippen LogP contribution in [0.15, 0.2) is 16.7 Å². The first-order chi connectivity index (χ1) is 5.59. The van der Waals surface area contributed by atoms with Gasteiger partial charge in [-0.25, -0.2) is 4.98 Å². The molecule has 0 aliphatic carbocycles. The summed E-state index contributed by atoms with van der Waals surface area (Å²) < 4.78 is 5.05. The highest BCUT2D eigenvalue weighted by atomic mass is 79.9. The molecule has 1 aromatic heterocycles. The van der Waals surface area contributed by atoms with Gasteiger partial charge in [0.2, 0.25) is 0 Å². The van der Waals surface area contributed by atoms with E-state index in [-0.39, 0.29) is 5.75 Å². The average Bonchev–Trinajstić information content (AvgIpc) is 1.94. The van der Waals surface area contributed by atoms with E-state index in [2.05, 4.69) is 25.6 Å². The molecule has 0 fully saturated rings. The van der Waals surface area contributed by atoms with Crippen LogP contribution in [0.2, 0.25) is 5.15 Å². The van der Waals surface area contributed by atoms with Crippen molar-refractivity contribution >= 4 is 34.9 Å². The molecule has 0 aromatic carbocycles. The summed E-state index contributed by atoms with van der Waals surface area (Å²) in [6.07, 6.45) is 1.28. The lowest BCUT2D eigenvalue weighted by atomic mass is 10.2. The first-order valence-corrected chi connectivity index (χ1v) is 4.10. The van der Waals surface area contributed by atoms with E-state index >= 15 is 0 Å². The van der Waals surface area contributed by atoms with Crippen molar-refractivity contribution in [2.24, 2.45) is 0 Å². The van der Waals surface area contributed by atoms with Gasteiger partial charge in [0.05, 0.1) is 10.7 Å². The summed E-state index contributed by atoms with van der Waals surface area (Å²) in [5, 5.41) is 17.2. The van der Waals surface area contributed by atoms with Crippen LogP contribution in [0.25, 0.3) is 0 Å². The lowest BCUT2D eigenvalue weighted by Gasteiger charge is -2.05. The fraction of sp³-hybridized carbons (Fsp3) is 0. The predicted molar refractivity (Wildman–Crippen MR) is 47.8 cm³/mol. The fourth-order valence-corrected chi connectivity index (χ4v) is 1.30. The van der Waals surface area contributed by atoms with Crippen molar-refractivity contribution < 1.29 is 14.7 Å². The van der Waals surface area contributed by atoms with Crippen LogP contribution >= 0.6 is 27.5 Å². The largest absolute Gasteiger partial charge is 0.707 e. The van der Waals surface area contributed by atoms with E-state index in [1.54, 1.807) is 0 Å². The molecule has 12 heavy (non-hydrogen) atoms. The van der Waals surface area contributed by atoms with Crippen molar-refractivity contribution in [3.63, 3.8) is 0 Å². The van der Waals surface area contributed by atoms with Crippen LogP contribution in [-0.4, -0.2) is 22.4 Å². The van der Waals surface area contributed by atoms with Crippen molar-refractivity contribution in [2.75, 3.05) is 0 Å². The molecule has 64 valence electrons. The molecular formula is C5H4BBrClNO3. The topological polar surface area (TPSA) is 62.6 Å². The van der Waals surface area contributed by atoms with Gasteiger partial charge in [-0.1, -0.05) is 11.6 Å². The van der Waals surface area contributed by atoms with Crippen molar-refractivity contribution in [3.8, 4) is 5.75 Å². The Morgan fingerprint density at radius 1 is 1.58 bits per heavy atom. The minimum absolute atomic E-state index is 0.217. The second-order valence-electron chi connectivity index (χ2n) is 1.88. The van der Waals surface area contributed by atoms with Crippen LogP contribution in [0, 0.1) is 0 Å². The van der Waals surface area contributed by atoms with E-state index in [4.69, 9.17) is 21.6 Å². The molecule has 0 aliphatic heterocycles. The zero-order valence-corrected chi connectivity index (χ0v) is 8.08. The van der Waals surface area contributed by atoms with Gasteiger partial charge in [0.25, 0.3) is 0 Å². The van der Waals surface area contributed by atoms with Gasteiger partial charge in [0.1, 0.15) is 10.9 Å². The first-order valence-electron chi connectivity index (χ1n) is 2.93. The van der Waals surface area contributed by atoms with Crippen LogP contribution in [0.5, 0.6) is 5.75 Å². The summed E-state index contributed by atoms with van der Waals surface area (Å²) in [5.74, 6) is 0.217. The molecule has 0 atom stereocenters. The lowest BCUT2D eigenvalue weighted by Crippen LogP contribution is -2.20. The normalized spacial score (nSPS) is 9.67. The summed E-state index contributed by atoms with van der Waals surface area (Å²) in [7, 11) is -1.86. The van der Waals surface area contributed by atoms with E-state index in [0.29, 0.717) is 9.63 Å². The Morgan fingerprint density at radius 2 is 2.25 bits per heavy atom. The van der Waals surface area contributed by atoms with Gasteiger partial charge in [-0.05, 0) is 22.0 Å². The molecule has 0 unspecified atom stereocenters. The maximum atomic E-state index is 8.45. The molecule has 0 bridgehead atoms. The molecule has 0 amide bonds. The maximum absolute atomic E-state index is 8.45. The highest BCUT2D eigenvalue weighted by Crippen LogP contribution is 2.25. The third-order valence-corrected chi connectivity index (χ3v) is 1.85. The second kappa shape index (κ2) is 4.09. The van der Waals surface area contributed by atoms with Crippen molar-refractivity contribution in [1.29, 1.82) is 0 Å². The third kappa shape index (κ3) is 2.64. The van der Waals surface area contributed by atoms with E-state index in [9.17, 15) is 0 Å². The standard InChI is InChI=1S/C5H4BBrClNO3/c7-3-1-5(8)9-2-4(3)12-6(10)11/h1-2,10-11H. The molecule has 1 rings (SSSR count). The highest BCUT2D eigenvalue weighted by molar-refractivity contribution is 9.10. The zero-order chi connectivity index (χ0) is 9.14. The molecule has 0 spiro atoms. The maximum Gasteiger partial charge on any atom is 0.707 e. The number of rotatable bonds is 2. The Balaban J connectivity index is 2.86. The Kier molecular flexibility index (Phi) is 3.34. The van der Waals surface area contributed by atoms with Crippen molar-refractivity contribution in [1.82, 2.24) is 4.98 Å². The summed E-state index contributed by atoms with van der Waals surface area (Å²) >= 11 is 8.64. The smallest absolute Gasteiger partial charge is 0.510 e. The molecule has 0 saturated heterocycles. The van der Waals surface area contributed by atoms with Crippen LogP contribution in [0.1, 0.15) is 0 Å². The SMILES string of the molecule is OB(O)Oc1cnc(Cl)cc1Br. The first kappa shape index (κ1) is 9.79. The number of pyridine rings is 1. The summed E-state index contributed by atoms with van der Waals surface area (Å²) in [6, 6.07) is 1.49. The summed E-state index contributed by atoms with van der Waals surface area (Å²) in [6.45, 7) is 0. The predicted octanol–water partition coefficient (Wildman–Crippen LogP) is 0.846. The Morgan fingerprint density at radius 3 is 2.75 bits per heavy atom. The van der Waals surface area contributed by atoms with E-state index in [1.165, 1.54) is 12.3 Å². The number of halogens is 2. The van der Waals surface area contributed by atoms with Crippen molar-refractivity contribution in [2.45, 2.75) is 0 Å². The number of aromatic nitrogens is 1. The molecule has 1 heterocycles. The van der Waals surface area contributed by atoms with E-state index in [0.717, 1.165) is 0 Å². The van der Waals surface area contributed by atoms with Crippen LogP contribution in [0.4, 0.5) is 0 Å². The van der Waals surface area contributed by atoms with Gasteiger partial charge in [0, 0.05) is 0 Å². The highest BCUT2D eigenvalue weighted by Gasteiger charge is 2.13. The number of hydrogen-bond donors (Lipinski definition) is 2. The molecule has 2 N–H and O–H groups in total. The molecule has 0 saturated carbocycles. The van der Waals surface area contributed by atoms with Gasteiger partial charge in [-0.2, -0.15) is 0 Å². The van der Waals surface area contributed by atoms with Crippen LogP contribution < -0.4 is 4.65 Å². The minimum Gasteiger partial charge on any atom is -0.510 e.